The van der Waals surface area contributed by atoms with E-state index < -0.39 is 0 Å². The van der Waals surface area contributed by atoms with E-state index >= 15 is 0 Å². The van der Waals surface area contributed by atoms with Crippen LogP contribution in [0.4, 0.5) is 0 Å². The predicted octanol–water partition coefficient (Wildman–Crippen LogP) is 3.46. The zero-order valence-electron chi connectivity index (χ0n) is 11.3. The maximum absolute atomic E-state index is 12.6. The Labute approximate surface area is 121 Å². The summed E-state index contributed by atoms with van der Waals surface area (Å²) in [5, 5.41) is 9.96. The van der Waals surface area contributed by atoms with Crippen molar-refractivity contribution in [2.45, 2.75) is 13.0 Å². The van der Waals surface area contributed by atoms with Crippen LogP contribution in [-0.2, 0) is 0 Å². The summed E-state index contributed by atoms with van der Waals surface area (Å²) in [6.07, 6.45) is 0. The average molecular weight is 285 g/mol. The molecule has 2 aromatic heterocycles. The molecule has 1 aromatic carbocycles. The maximum Gasteiger partial charge on any atom is 0.275 e. The molecular formula is C15H15N3OS. The van der Waals surface area contributed by atoms with Gasteiger partial charge >= 0.3 is 0 Å². The Morgan fingerprint density at radius 3 is 2.85 bits per heavy atom. The first-order chi connectivity index (χ1) is 9.68. The minimum atomic E-state index is -0.0663. The lowest BCUT2D eigenvalue weighted by Crippen LogP contribution is -2.29. The van der Waals surface area contributed by atoms with Crippen molar-refractivity contribution in [1.82, 2.24) is 15.1 Å². The molecular weight excluding hydrogens is 270 g/mol. The third-order valence-electron chi connectivity index (χ3n) is 3.53. The average Bonchev–Trinajstić information content (AvgIpc) is 3.14. The third kappa shape index (κ3) is 2.10. The zero-order valence-corrected chi connectivity index (χ0v) is 12.1. The monoisotopic (exact) mass is 285 g/mol. The summed E-state index contributed by atoms with van der Waals surface area (Å²) in [5.41, 5.74) is 1.36. The number of nitrogens with zero attached hydrogens (tertiary/aromatic N) is 2. The van der Waals surface area contributed by atoms with E-state index in [0.717, 1.165) is 10.9 Å². The molecule has 1 atom stereocenters. The molecule has 1 unspecified atom stereocenters. The van der Waals surface area contributed by atoms with Crippen molar-refractivity contribution in [2.24, 2.45) is 0 Å². The Morgan fingerprint density at radius 1 is 1.30 bits per heavy atom. The number of benzene rings is 1. The minimum absolute atomic E-state index is 0.0398. The first-order valence-electron chi connectivity index (χ1n) is 6.42. The van der Waals surface area contributed by atoms with Crippen molar-refractivity contribution < 1.29 is 4.79 Å². The van der Waals surface area contributed by atoms with Crippen molar-refractivity contribution >= 4 is 28.1 Å². The Bertz CT molecular complexity index is 733. The number of amides is 1. The summed E-state index contributed by atoms with van der Waals surface area (Å²) in [5.74, 6) is -0.0663. The van der Waals surface area contributed by atoms with E-state index in [1.54, 1.807) is 16.2 Å². The van der Waals surface area contributed by atoms with E-state index in [0.29, 0.717) is 5.69 Å². The number of thiophene rings is 1. The lowest BCUT2D eigenvalue weighted by Gasteiger charge is -2.23. The van der Waals surface area contributed by atoms with Gasteiger partial charge in [0.2, 0.25) is 0 Å². The van der Waals surface area contributed by atoms with E-state index in [4.69, 9.17) is 0 Å². The number of hydrogen-bond acceptors (Lipinski definition) is 3. The fourth-order valence-corrected chi connectivity index (χ4v) is 3.02. The fourth-order valence-electron chi connectivity index (χ4n) is 2.19. The van der Waals surface area contributed by atoms with Crippen LogP contribution >= 0.6 is 11.3 Å². The highest BCUT2D eigenvalue weighted by Crippen LogP contribution is 2.26. The highest BCUT2D eigenvalue weighted by molar-refractivity contribution is 7.10. The van der Waals surface area contributed by atoms with E-state index in [1.807, 2.05) is 55.7 Å². The number of nitrogens with one attached hydrogen (secondary N) is 1. The van der Waals surface area contributed by atoms with Gasteiger partial charge in [0.05, 0.1) is 11.6 Å². The summed E-state index contributed by atoms with van der Waals surface area (Å²) in [6.45, 7) is 2.03. The topological polar surface area (TPSA) is 49.0 Å². The van der Waals surface area contributed by atoms with Crippen LogP contribution in [0.15, 0.2) is 41.8 Å². The molecule has 1 amide bonds. The SMILES string of the molecule is CC(c1cccs1)N(C)C(=O)c1n[nH]c2ccccc12. The smallest absolute Gasteiger partial charge is 0.275 e. The number of aromatic nitrogens is 2. The van der Waals surface area contributed by atoms with Crippen LogP contribution in [0.25, 0.3) is 10.9 Å². The molecule has 0 fully saturated rings. The molecule has 0 saturated heterocycles. The maximum atomic E-state index is 12.6. The Kier molecular flexibility index (Phi) is 3.28. The van der Waals surface area contributed by atoms with Gasteiger partial charge in [-0.2, -0.15) is 5.10 Å². The van der Waals surface area contributed by atoms with Crippen LogP contribution in [0, 0.1) is 0 Å². The predicted molar refractivity (Wildman–Crippen MR) is 80.9 cm³/mol. The van der Waals surface area contributed by atoms with Crippen LogP contribution < -0.4 is 0 Å². The minimum Gasteiger partial charge on any atom is -0.333 e. The molecule has 102 valence electrons. The van der Waals surface area contributed by atoms with Gasteiger partial charge in [-0.1, -0.05) is 24.3 Å². The van der Waals surface area contributed by atoms with Crippen molar-refractivity contribution in [2.75, 3.05) is 7.05 Å². The van der Waals surface area contributed by atoms with Crippen LogP contribution in [-0.4, -0.2) is 28.1 Å². The largest absolute Gasteiger partial charge is 0.333 e. The van der Waals surface area contributed by atoms with Gasteiger partial charge in [0, 0.05) is 17.3 Å². The molecule has 3 rings (SSSR count). The summed E-state index contributed by atoms with van der Waals surface area (Å²) in [7, 11) is 1.82. The van der Waals surface area contributed by atoms with Crippen molar-refractivity contribution in [1.29, 1.82) is 0 Å². The van der Waals surface area contributed by atoms with Crippen molar-refractivity contribution in [3.8, 4) is 0 Å². The van der Waals surface area contributed by atoms with Crippen molar-refractivity contribution in [3.05, 3.63) is 52.3 Å². The summed E-state index contributed by atoms with van der Waals surface area (Å²) >= 11 is 1.66. The van der Waals surface area contributed by atoms with E-state index in [1.165, 1.54) is 4.88 Å². The number of H-pyrrole nitrogens is 1. The molecule has 0 spiro atoms. The molecule has 5 heteroatoms. The molecule has 20 heavy (non-hydrogen) atoms. The van der Waals surface area contributed by atoms with Gasteiger partial charge in [-0.15, -0.1) is 11.3 Å². The van der Waals surface area contributed by atoms with Crippen LogP contribution in [0.1, 0.15) is 28.3 Å². The van der Waals surface area contributed by atoms with Gasteiger partial charge in [0.25, 0.3) is 5.91 Å². The van der Waals surface area contributed by atoms with Crippen LogP contribution in [0.2, 0.25) is 0 Å². The van der Waals surface area contributed by atoms with Gasteiger partial charge in [-0.3, -0.25) is 9.89 Å². The number of carbonyl (C=O) groups is 1. The summed E-state index contributed by atoms with van der Waals surface area (Å²) < 4.78 is 0. The second-order valence-electron chi connectivity index (χ2n) is 4.73. The molecule has 0 aliphatic carbocycles. The number of carbonyl (C=O) groups excluding carboxylic acids is 1. The first-order valence-corrected chi connectivity index (χ1v) is 7.30. The van der Waals surface area contributed by atoms with Crippen LogP contribution in [0.5, 0.6) is 0 Å². The quantitative estimate of drug-likeness (QED) is 0.801. The molecule has 0 bridgehead atoms. The number of para-hydroxylation sites is 1. The molecule has 4 nitrogen and oxygen atoms in total. The molecule has 3 aromatic rings. The molecule has 2 heterocycles. The fraction of sp³-hybridized carbons (Fsp3) is 0.200. The summed E-state index contributed by atoms with van der Waals surface area (Å²) in [4.78, 5) is 15.5. The van der Waals surface area contributed by atoms with E-state index in [-0.39, 0.29) is 11.9 Å². The number of fused-ring (bicyclic) bond motifs is 1. The molecule has 1 N–H and O–H groups in total. The van der Waals surface area contributed by atoms with Gasteiger partial charge in [0.15, 0.2) is 5.69 Å². The number of rotatable bonds is 3. The second-order valence-corrected chi connectivity index (χ2v) is 5.70. The highest BCUT2D eigenvalue weighted by atomic mass is 32.1. The van der Waals surface area contributed by atoms with Gasteiger partial charge < -0.3 is 4.90 Å². The zero-order chi connectivity index (χ0) is 14.1. The molecule has 0 aliphatic rings. The lowest BCUT2D eigenvalue weighted by molar-refractivity contribution is 0.0741. The van der Waals surface area contributed by atoms with Gasteiger partial charge in [0.1, 0.15) is 0 Å². The molecule has 0 aliphatic heterocycles. The van der Waals surface area contributed by atoms with Crippen LogP contribution in [0.3, 0.4) is 0 Å². The standard InChI is InChI=1S/C15H15N3OS/c1-10(13-8-5-9-20-13)18(2)15(19)14-11-6-3-4-7-12(11)16-17-14/h3-10H,1-2H3,(H,16,17). The molecule has 0 saturated carbocycles. The molecule has 0 radical (unpaired) electrons. The normalized spacial score (nSPS) is 12.5. The number of hydrogen-bond donors (Lipinski definition) is 1. The first kappa shape index (κ1) is 12.9. The third-order valence-corrected chi connectivity index (χ3v) is 4.57. The lowest BCUT2D eigenvalue weighted by atomic mass is 10.1. The van der Waals surface area contributed by atoms with Gasteiger partial charge in [-0.05, 0) is 24.4 Å². The Balaban J connectivity index is 1.92. The van der Waals surface area contributed by atoms with Crippen molar-refractivity contribution in [3.63, 3.8) is 0 Å². The highest BCUT2D eigenvalue weighted by Gasteiger charge is 2.23. The Morgan fingerprint density at radius 2 is 2.10 bits per heavy atom. The van der Waals surface area contributed by atoms with E-state index in [9.17, 15) is 4.79 Å². The Hall–Kier alpha value is -2.14. The van der Waals surface area contributed by atoms with E-state index in [2.05, 4.69) is 10.2 Å². The second kappa shape index (κ2) is 5.09. The summed E-state index contributed by atoms with van der Waals surface area (Å²) in [6, 6.07) is 11.8. The van der Waals surface area contributed by atoms with Gasteiger partial charge in [-0.25, -0.2) is 0 Å². The number of aromatic amines is 1.